The van der Waals surface area contributed by atoms with E-state index in [1.807, 2.05) is 0 Å². The Bertz CT molecular complexity index is 1140. The molecule has 9 nitrogen and oxygen atoms in total. The molecule has 0 spiro atoms. The maximum absolute atomic E-state index is 12.2. The fraction of sp³-hybridized carbons (Fsp3) is 0.136. The minimum atomic E-state index is -2.94. The highest BCUT2D eigenvalue weighted by atomic mass is 19.3. The van der Waals surface area contributed by atoms with Crippen LogP contribution in [0.1, 0.15) is 27.8 Å². The number of H-pyrrole nitrogens is 1. The molecule has 2 aromatic carbocycles. The molecule has 172 valence electrons. The molecule has 11 heteroatoms. The van der Waals surface area contributed by atoms with Crippen LogP contribution in [-0.2, 0) is 4.74 Å². The minimum Gasteiger partial charge on any atom is -0.462 e. The number of nitrogens with one attached hydrogen (secondary N) is 3. The maximum atomic E-state index is 12.2. The SMILES string of the molecule is CCOC(=O)c1c[nH]c(C(N)=O)c1-c1ccc(NC(=O)Nc2ccc(OC(F)F)cc2)cc1. The second-order valence-electron chi connectivity index (χ2n) is 6.60. The van der Waals surface area contributed by atoms with Gasteiger partial charge in [0, 0.05) is 23.1 Å². The van der Waals surface area contributed by atoms with Crippen LogP contribution in [0.5, 0.6) is 5.75 Å². The fourth-order valence-corrected chi connectivity index (χ4v) is 3.02. The Labute approximate surface area is 186 Å². The Balaban J connectivity index is 1.72. The van der Waals surface area contributed by atoms with Crippen LogP contribution in [0.2, 0.25) is 0 Å². The van der Waals surface area contributed by atoms with Gasteiger partial charge in [0.05, 0.1) is 12.2 Å². The van der Waals surface area contributed by atoms with Gasteiger partial charge in [-0.2, -0.15) is 8.78 Å². The number of primary amides is 1. The summed E-state index contributed by atoms with van der Waals surface area (Å²) in [6.07, 6.45) is 1.35. The van der Waals surface area contributed by atoms with Crippen LogP contribution in [0.15, 0.2) is 54.7 Å². The Kier molecular flexibility index (Phi) is 7.24. The number of carbonyl (C=O) groups excluding carboxylic acids is 3. The first-order chi connectivity index (χ1) is 15.8. The highest BCUT2D eigenvalue weighted by Gasteiger charge is 2.22. The lowest BCUT2D eigenvalue weighted by Crippen LogP contribution is -2.19. The second kappa shape index (κ2) is 10.3. The third-order valence-corrected chi connectivity index (χ3v) is 4.39. The summed E-state index contributed by atoms with van der Waals surface area (Å²) >= 11 is 0. The first-order valence-corrected chi connectivity index (χ1v) is 9.70. The molecular formula is C22H20F2N4O5. The van der Waals surface area contributed by atoms with Crippen LogP contribution in [-0.4, -0.2) is 36.1 Å². The first kappa shape index (κ1) is 23.3. The van der Waals surface area contributed by atoms with E-state index in [0.717, 1.165) is 0 Å². The van der Waals surface area contributed by atoms with Gasteiger partial charge in [-0.3, -0.25) is 4.79 Å². The van der Waals surface area contributed by atoms with E-state index < -0.39 is 24.5 Å². The van der Waals surface area contributed by atoms with Crippen LogP contribution in [0, 0.1) is 0 Å². The molecule has 0 aliphatic rings. The molecule has 1 heterocycles. The number of amides is 3. The summed E-state index contributed by atoms with van der Waals surface area (Å²) in [5, 5.41) is 5.17. The van der Waals surface area contributed by atoms with Crippen molar-refractivity contribution >= 4 is 29.3 Å². The normalized spacial score (nSPS) is 10.5. The number of halogens is 2. The quantitative estimate of drug-likeness (QED) is 0.375. The van der Waals surface area contributed by atoms with E-state index in [0.29, 0.717) is 22.5 Å². The lowest BCUT2D eigenvalue weighted by atomic mass is 10.0. The average Bonchev–Trinajstić information content (AvgIpc) is 3.21. The molecule has 0 saturated carbocycles. The van der Waals surface area contributed by atoms with Crippen molar-refractivity contribution in [1.82, 2.24) is 4.98 Å². The zero-order chi connectivity index (χ0) is 24.0. The van der Waals surface area contributed by atoms with Crippen LogP contribution in [0.3, 0.4) is 0 Å². The summed E-state index contributed by atoms with van der Waals surface area (Å²) in [6, 6.07) is 11.2. The summed E-state index contributed by atoms with van der Waals surface area (Å²) in [4.78, 5) is 38.9. The zero-order valence-electron chi connectivity index (χ0n) is 17.4. The molecule has 0 saturated heterocycles. The molecule has 5 N–H and O–H groups in total. The third-order valence-electron chi connectivity index (χ3n) is 4.39. The third kappa shape index (κ3) is 5.85. The topological polar surface area (TPSA) is 136 Å². The predicted octanol–water partition coefficient (Wildman–Crippen LogP) is 4.20. The molecule has 3 rings (SSSR count). The summed E-state index contributed by atoms with van der Waals surface area (Å²) in [5.41, 5.74) is 7.20. The Morgan fingerprint density at radius 2 is 1.58 bits per heavy atom. The number of hydrogen-bond acceptors (Lipinski definition) is 5. The fourth-order valence-electron chi connectivity index (χ4n) is 3.02. The number of urea groups is 1. The van der Waals surface area contributed by atoms with Crippen molar-refractivity contribution in [1.29, 1.82) is 0 Å². The number of ether oxygens (including phenoxy) is 2. The number of aromatic amines is 1. The van der Waals surface area contributed by atoms with E-state index in [9.17, 15) is 23.2 Å². The van der Waals surface area contributed by atoms with E-state index in [2.05, 4.69) is 20.4 Å². The number of aromatic nitrogens is 1. The summed E-state index contributed by atoms with van der Waals surface area (Å²) in [5.74, 6) is -1.39. The zero-order valence-corrected chi connectivity index (χ0v) is 17.4. The average molecular weight is 458 g/mol. The molecule has 0 unspecified atom stereocenters. The molecule has 0 fully saturated rings. The van der Waals surface area contributed by atoms with E-state index in [1.54, 1.807) is 31.2 Å². The van der Waals surface area contributed by atoms with Crippen LogP contribution in [0.25, 0.3) is 11.1 Å². The largest absolute Gasteiger partial charge is 0.462 e. The van der Waals surface area contributed by atoms with Gasteiger partial charge in [0.25, 0.3) is 5.91 Å². The van der Waals surface area contributed by atoms with Gasteiger partial charge < -0.3 is 30.8 Å². The molecule has 0 aliphatic heterocycles. The lowest BCUT2D eigenvalue weighted by Gasteiger charge is -2.10. The van der Waals surface area contributed by atoms with Gasteiger partial charge >= 0.3 is 18.6 Å². The highest BCUT2D eigenvalue weighted by molar-refractivity contribution is 6.07. The number of benzene rings is 2. The van der Waals surface area contributed by atoms with Crippen LogP contribution >= 0.6 is 0 Å². The van der Waals surface area contributed by atoms with Gasteiger partial charge in [-0.05, 0) is 48.9 Å². The number of rotatable bonds is 8. The van der Waals surface area contributed by atoms with Crippen LogP contribution < -0.4 is 21.1 Å². The molecule has 0 atom stereocenters. The number of carbonyl (C=O) groups is 3. The van der Waals surface area contributed by atoms with Crippen LogP contribution in [0.4, 0.5) is 25.0 Å². The van der Waals surface area contributed by atoms with Gasteiger partial charge in [0.15, 0.2) is 0 Å². The summed E-state index contributed by atoms with van der Waals surface area (Å²) in [7, 11) is 0. The molecular weight excluding hydrogens is 438 g/mol. The molecule has 0 radical (unpaired) electrons. The van der Waals surface area contributed by atoms with Crippen molar-refractivity contribution in [3.05, 3.63) is 66.0 Å². The molecule has 33 heavy (non-hydrogen) atoms. The van der Waals surface area contributed by atoms with E-state index in [4.69, 9.17) is 10.5 Å². The minimum absolute atomic E-state index is 0.0335. The van der Waals surface area contributed by atoms with Crippen molar-refractivity contribution in [3.8, 4) is 16.9 Å². The summed E-state index contributed by atoms with van der Waals surface area (Å²) < 4.78 is 33.7. The summed E-state index contributed by atoms with van der Waals surface area (Å²) in [6.45, 7) is -1.11. The number of alkyl halides is 2. The van der Waals surface area contributed by atoms with Crippen molar-refractivity contribution in [3.63, 3.8) is 0 Å². The Morgan fingerprint density at radius 3 is 2.09 bits per heavy atom. The number of nitrogens with two attached hydrogens (primary N) is 1. The van der Waals surface area contributed by atoms with E-state index >= 15 is 0 Å². The predicted molar refractivity (Wildman–Crippen MR) is 116 cm³/mol. The Morgan fingerprint density at radius 1 is 1.00 bits per heavy atom. The van der Waals surface area contributed by atoms with Crippen molar-refractivity contribution in [2.45, 2.75) is 13.5 Å². The van der Waals surface area contributed by atoms with Gasteiger partial charge in [0.1, 0.15) is 11.4 Å². The van der Waals surface area contributed by atoms with E-state index in [1.165, 1.54) is 30.5 Å². The first-order valence-electron chi connectivity index (χ1n) is 9.70. The van der Waals surface area contributed by atoms with E-state index in [-0.39, 0.29) is 23.6 Å². The molecule has 3 amide bonds. The molecule has 3 aromatic rings. The smallest absolute Gasteiger partial charge is 0.387 e. The lowest BCUT2D eigenvalue weighted by molar-refractivity contribution is -0.0498. The molecule has 0 aliphatic carbocycles. The number of hydrogen-bond donors (Lipinski definition) is 4. The van der Waals surface area contributed by atoms with Gasteiger partial charge in [-0.15, -0.1) is 0 Å². The maximum Gasteiger partial charge on any atom is 0.387 e. The van der Waals surface area contributed by atoms with Gasteiger partial charge in [-0.1, -0.05) is 12.1 Å². The second-order valence-corrected chi connectivity index (χ2v) is 6.60. The van der Waals surface area contributed by atoms with Crippen molar-refractivity contribution in [2.24, 2.45) is 5.73 Å². The van der Waals surface area contributed by atoms with Gasteiger partial charge in [-0.25, -0.2) is 9.59 Å². The number of anilines is 2. The monoisotopic (exact) mass is 458 g/mol. The van der Waals surface area contributed by atoms with Gasteiger partial charge in [0.2, 0.25) is 0 Å². The number of esters is 1. The van der Waals surface area contributed by atoms with Crippen molar-refractivity contribution < 1.29 is 32.6 Å². The molecule has 0 bridgehead atoms. The van der Waals surface area contributed by atoms with Crippen molar-refractivity contribution in [2.75, 3.05) is 17.2 Å². The molecule has 1 aromatic heterocycles. The Hall–Kier alpha value is -4.41. The standard InChI is InChI=1S/C22H20F2N4O5/c1-2-32-20(30)16-11-26-18(19(25)29)17(16)12-3-5-13(6-4-12)27-22(31)28-14-7-9-15(10-8-14)33-21(23)24/h3-11,21,26H,2H2,1H3,(H2,25,29)(H2,27,28,31). The highest BCUT2D eigenvalue weighted by Crippen LogP contribution is 2.29.